The number of H-pyrrole nitrogens is 1. The number of nitrogens with zero attached hydrogens (tertiary/aromatic N) is 2. The van der Waals surface area contributed by atoms with E-state index < -0.39 is 5.41 Å². The Kier molecular flexibility index (Phi) is 6.42. The van der Waals surface area contributed by atoms with Crippen molar-refractivity contribution in [1.29, 1.82) is 5.41 Å². The molecule has 0 radical (unpaired) electrons. The lowest BCUT2D eigenvalue weighted by atomic mass is 9.70. The summed E-state index contributed by atoms with van der Waals surface area (Å²) >= 11 is 0.922. The van der Waals surface area contributed by atoms with Crippen LogP contribution in [0.3, 0.4) is 0 Å². The van der Waals surface area contributed by atoms with E-state index >= 15 is 0 Å². The standard InChI is InChI=1S/C26H25N5OS/c1-26(2,24(32)31-25(28)33-16-27)23(18-6-4-3-5-7-18)19-8-9-21-20(14-19)15-22(30-21)17-10-12-29-13-11-17/h3-16,23,27,30H,1-2H3,(H2,28,31,32). The summed E-state index contributed by atoms with van der Waals surface area (Å²) in [5.41, 5.74) is 11.1. The van der Waals surface area contributed by atoms with Gasteiger partial charge in [0.1, 0.15) is 0 Å². The van der Waals surface area contributed by atoms with Crippen molar-refractivity contribution in [1.82, 2.24) is 9.97 Å². The van der Waals surface area contributed by atoms with E-state index in [1.165, 1.54) is 0 Å². The molecule has 0 aliphatic carbocycles. The van der Waals surface area contributed by atoms with Gasteiger partial charge in [-0.3, -0.25) is 9.78 Å². The fraction of sp³-hybridized carbons (Fsp3) is 0.154. The van der Waals surface area contributed by atoms with Crippen LogP contribution in [0.25, 0.3) is 22.2 Å². The first-order chi connectivity index (χ1) is 15.9. The SMILES string of the molecule is CC(C)(C(=O)N=C(N)SC=N)C(c1ccccc1)c1ccc2[nH]c(-c3ccncc3)cc2c1. The molecule has 4 aromatic rings. The summed E-state index contributed by atoms with van der Waals surface area (Å²) in [6, 6.07) is 22.3. The molecule has 0 aliphatic rings. The first-order valence-electron chi connectivity index (χ1n) is 10.5. The molecular weight excluding hydrogens is 430 g/mol. The van der Waals surface area contributed by atoms with E-state index in [4.69, 9.17) is 11.1 Å². The van der Waals surface area contributed by atoms with E-state index in [1.807, 2.05) is 62.4 Å². The molecule has 0 spiro atoms. The number of thioether (sulfide) groups is 1. The fourth-order valence-corrected chi connectivity index (χ4v) is 4.40. The van der Waals surface area contributed by atoms with Crippen LogP contribution in [-0.2, 0) is 4.79 Å². The largest absolute Gasteiger partial charge is 0.378 e. The fourth-order valence-electron chi connectivity index (χ4n) is 4.14. The second-order valence-electron chi connectivity index (χ2n) is 8.32. The van der Waals surface area contributed by atoms with Gasteiger partial charge in [0.2, 0.25) is 0 Å². The Morgan fingerprint density at radius 1 is 1.09 bits per heavy atom. The van der Waals surface area contributed by atoms with Crippen LogP contribution in [0.4, 0.5) is 0 Å². The molecule has 0 fully saturated rings. The number of amidine groups is 1. The van der Waals surface area contributed by atoms with E-state index in [0.717, 1.165) is 50.6 Å². The number of pyridine rings is 1. The summed E-state index contributed by atoms with van der Waals surface area (Å²) < 4.78 is 0. The Hall–Kier alpha value is -3.71. The van der Waals surface area contributed by atoms with E-state index in [-0.39, 0.29) is 17.0 Å². The molecule has 4 N–H and O–H groups in total. The van der Waals surface area contributed by atoms with Gasteiger partial charge in [-0.2, -0.15) is 4.99 Å². The molecule has 166 valence electrons. The van der Waals surface area contributed by atoms with E-state index in [1.54, 1.807) is 12.4 Å². The number of hydrogen-bond acceptors (Lipinski definition) is 4. The number of hydrogen-bond donors (Lipinski definition) is 3. The van der Waals surface area contributed by atoms with Crippen LogP contribution in [0.5, 0.6) is 0 Å². The van der Waals surface area contributed by atoms with E-state index in [2.05, 4.69) is 33.2 Å². The maximum absolute atomic E-state index is 13.2. The number of carbonyl (C=O) groups is 1. The van der Waals surface area contributed by atoms with Crippen molar-refractivity contribution in [3.63, 3.8) is 0 Å². The lowest BCUT2D eigenvalue weighted by Crippen LogP contribution is -2.32. The molecule has 2 aromatic heterocycles. The number of nitrogens with one attached hydrogen (secondary N) is 2. The number of aromatic nitrogens is 2. The molecule has 1 amide bonds. The minimum absolute atomic E-state index is 0.0676. The molecular formula is C26H25N5OS. The zero-order chi connectivity index (χ0) is 23.4. The zero-order valence-corrected chi connectivity index (χ0v) is 19.3. The normalized spacial score (nSPS) is 13.1. The minimum atomic E-state index is -0.869. The Balaban J connectivity index is 1.80. The first-order valence-corrected chi connectivity index (χ1v) is 11.4. The van der Waals surface area contributed by atoms with Gasteiger partial charge in [-0.15, -0.1) is 0 Å². The predicted octanol–water partition coefficient (Wildman–Crippen LogP) is 5.57. The van der Waals surface area contributed by atoms with Crippen molar-refractivity contribution in [3.8, 4) is 11.3 Å². The third-order valence-electron chi connectivity index (χ3n) is 5.77. The minimum Gasteiger partial charge on any atom is -0.378 e. The van der Waals surface area contributed by atoms with Crippen molar-refractivity contribution in [2.24, 2.45) is 16.1 Å². The predicted molar refractivity (Wildman–Crippen MR) is 137 cm³/mol. The molecule has 0 aliphatic heterocycles. The summed E-state index contributed by atoms with van der Waals surface area (Å²) in [6.07, 6.45) is 3.55. The maximum atomic E-state index is 13.2. The zero-order valence-electron chi connectivity index (χ0n) is 18.4. The van der Waals surface area contributed by atoms with Gasteiger partial charge in [0.15, 0.2) is 5.17 Å². The van der Waals surface area contributed by atoms with Crippen LogP contribution < -0.4 is 5.73 Å². The van der Waals surface area contributed by atoms with Gasteiger partial charge in [-0.05, 0) is 53.2 Å². The maximum Gasteiger partial charge on any atom is 0.254 e. The average Bonchev–Trinajstić information content (AvgIpc) is 3.24. The molecule has 33 heavy (non-hydrogen) atoms. The lowest BCUT2D eigenvalue weighted by Gasteiger charge is -2.32. The Bertz CT molecular complexity index is 1310. The van der Waals surface area contributed by atoms with Crippen LogP contribution in [0.2, 0.25) is 0 Å². The molecule has 2 aromatic carbocycles. The highest BCUT2D eigenvalue weighted by atomic mass is 32.2. The first kappa shape index (κ1) is 22.5. The molecule has 0 saturated heterocycles. The second-order valence-corrected chi connectivity index (χ2v) is 9.21. The van der Waals surface area contributed by atoms with Crippen LogP contribution in [0, 0.1) is 10.8 Å². The molecule has 6 nitrogen and oxygen atoms in total. The van der Waals surface area contributed by atoms with Crippen molar-refractivity contribution >= 4 is 39.3 Å². The van der Waals surface area contributed by atoms with Gasteiger partial charge in [-0.25, -0.2) is 0 Å². The Labute approximate surface area is 196 Å². The number of carbonyl (C=O) groups excluding carboxylic acids is 1. The summed E-state index contributed by atoms with van der Waals surface area (Å²) in [5.74, 6) is -0.564. The number of aliphatic imine (C=N–C) groups is 1. The number of fused-ring (bicyclic) bond motifs is 1. The van der Waals surface area contributed by atoms with Gasteiger partial charge in [0.05, 0.1) is 11.0 Å². The van der Waals surface area contributed by atoms with Crippen LogP contribution >= 0.6 is 11.8 Å². The molecule has 0 saturated carbocycles. The third kappa shape index (κ3) is 4.73. The smallest absolute Gasteiger partial charge is 0.254 e. The second kappa shape index (κ2) is 9.42. The molecule has 7 heteroatoms. The molecule has 2 heterocycles. The molecule has 4 rings (SSSR count). The van der Waals surface area contributed by atoms with Crippen molar-refractivity contribution in [2.75, 3.05) is 0 Å². The number of amides is 1. The average molecular weight is 456 g/mol. The van der Waals surface area contributed by atoms with Crippen LogP contribution in [0.15, 0.2) is 84.1 Å². The number of nitrogens with two attached hydrogens (primary N) is 1. The number of aromatic amines is 1. The van der Waals surface area contributed by atoms with Gasteiger partial charge in [-0.1, -0.05) is 50.2 Å². The number of benzene rings is 2. The highest BCUT2D eigenvalue weighted by Crippen LogP contribution is 2.43. The third-order valence-corrected chi connectivity index (χ3v) is 6.22. The van der Waals surface area contributed by atoms with Crippen LogP contribution in [0.1, 0.15) is 30.9 Å². The number of rotatable bonds is 6. The summed E-state index contributed by atoms with van der Waals surface area (Å²) in [6.45, 7) is 3.78. The van der Waals surface area contributed by atoms with Gasteiger partial charge in [0, 0.05) is 40.5 Å². The van der Waals surface area contributed by atoms with Gasteiger partial charge in [0.25, 0.3) is 5.91 Å². The van der Waals surface area contributed by atoms with Crippen LogP contribution in [-0.4, -0.2) is 26.6 Å². The summed E-state index contributed by atoms with van der Waals surface area (Å²) in [7, 11) is 0. The highest BCUT2D eigenvalue weighted by Gasteiger charge is 2.39. The van der Waals surface area contributed by atoms with Gasteiger partial charge < -0.3 is 16.1 Å². The summed E-state index contributed by atoms with van der Waals surface area (Å²) in [4.78, 5) is 24.8. The quantitative estimate of drug-likeness (QED) is 0.261. The summed E-state index contributed by atoms with van der Waals surface area (Å²) in [5, 5.41) is 8.32. The van der Waals surface area contributed by atoms with Crippen molar-refractivity contribution in [2.45, 2.75) is 19.8 Å². The van der Waals surface area contributed by atoms with Gasteiger partial charge >= 0.3 is 0 Å². The molecule has 1 atom stereocenters. The Morgan fingerprint density at radius 3 is 2.52 bits per heavy atom. The topological polar surface area (TPSA) is 108 Å². The van der Waals surface area contributed by atoms with Crippen molar-refractivity contribution in [3.05, 3.63) is 90.3 Å². The highest BCUT2D eigenvalue weighted by molar-refractivity contribution is 8.24. The Morgan fingerprint density at radius 2 is 1.82 bits per heavy atom. The monoisotopic (exact) mass is 455 g/mol. The van der Waals surface area contributed by atoms with E-state index in [0.29, 0.717) is 0 Å². The molecule has 0 bridgehead atoms. The molecule has 1 unspecified atom stereocenters. The van der Waals surface area contributed by atoms with Crippen molar-refractivity contribution < 1.29 is 4.79 Å². The lowest BCUT2D eigenvalue weighted by molar-refractivity contribution is -0.126. The van der Waals surface area contributed by atoms with E-state index in [9.17, 15) is 4.79 Å².